The van der Waals surface area contributed by atoms with E-state index in [1.54, 1.807) is 18.4 Å². The van der Waals surface area contributed by atoms with Gasteiger partial charge in [-0.15, -0.1) is 21.5 Å². The second-order valence-electron chi connectivity index (χ2n) is 8.94. The minimum Gasteiger partial charge on any atom is -0.359 e. The number of piperidine rings is 1. The third-order valence-electron chi connectivity index (χ3n) is 6.54. The summed E-state index contributed by atoms with van der Waals surface area (Å²) in [6.07, 6.45) is -0.959. The number of carbonyl (C=O) groups excluding carboxylic acids is 1. The minimum absolute atomic E-state index is 0.00759. The Bertz CT molecular complexity index is 1240. The number of rotatable bonds is 5. The molecule has 13 heteroatoms. The highest BCUT2D eigenvalue weighted by atomic mass is 32.1. The zero-order chi connectivity index (χ0) is 24.7. The maximum atomic E-state index is 13.3. The van der Waals surface area contributed by atoms with Crippen LogP contribution in [-0.4, -0.2) is 57.3 Å². The standard InChI is InChI=1S/C22H27F3N8OS/c1-3-5-14-10-15-17(31-8-9-33-16(12-31)29-30-20(33)22(23,24)25)27-21(28-19(15)35-14)32-7-4-6-13(11-32)18(34)26-2/h10,13H,3-9,11-12H2,1-2H3,(H,26,34). The van der Waals surface area contributed by atoms with E-state index in [1.165, 1.54) is 4.88 Å². The number of aryl methyl sites for hydroxylation is 1. The van der Waals surface area contributed by atoms with Crippen LogP contribution in [0.2, 0.25) is 0 Å². The summed E-state index contributed by atoms with van der Waals surface area (Å²) in [5, 5.41) is 10.8. The van der Waals surface area contributed by atoms with Gasteiger partial charge in [-0.3, -0.25) is 4.79 Å². The van der Waals surface area contributed by atoms with E-state index in [9.17, 15) is 18.0 Å². The van der Waals surface area contributed by atoms with Crippen LogP contribution in [0, 0.1) is 5.92 Å². The summed E-state index contributed by atoms with van der Waals surface area (Å²) < 4.78 is 41.0. The topological polar surface area (TPSA) is 92.1 Å². The van der Waals surface area contributed by atoms with Crippen molar-refractivity contribution in [1.82, 2.24) is 30.0 Å². The Morgan fingerprint density at radius 2 is 2.03 bits per heavy atom. The van der Waals surface area contributed by atoms with Gasteiger partial charge in [-0.1, -0.05) is 13.3 Å². The number of hydrogen-bond donors (Lipinski definition) is 1. The number of nitrogens with zero attached hydrogens (tertiary/aromatic N) is 7. The monoisotopic (exact) mass is 508 g/mol. The Morgan fingerprint density at radius 3 is 2.77 bits per heavy atom. The van der Waals surface area contributed by atoms with Gasteiger partial charge in [0.15, 0.2) is 5.82 Å². The highest BCUT2D eigenvalue weighted by Gasteiger charge is 2.40. The average molecular weight is 509 g/mol. The van der Waals surface area contributed by atoms with E-state index in [0.29, 0.717) is 24.9 Å². The molecule has 9 nitrogen and oxygen atoms in total. The largest absolute Gasteiger partial charge is 0.451 e. The number of halogens is 3. The average Bonchev–Trinajstić information content (AvgIpc) is 3.46. The number of carbonyl (C=O) groups is 1. The van der Waals surface area contributed by atoms with E-state index in [2.05, 4.69) is 28.5 Å². The van der Waals surface area contributed by atoms with Crippen LogP contribution in [0.3, 0.4) is 0 Å². The van der Waals surface area contributed by atoms with Gasteiger partial charge in [-0.05, 0) is 25.3 Å². The third kappa shape index (κ3) is 4.53. The first-order chi connectivity index (χ1) is 16.8. The molecule has 0 aliphatic carbocycles. The maximum Gasteiger partial charge on any atom is 0.451 e. The second kappa shape index (κ2) is 9.25. The van der Waals surface area contributed by atoms with Gasteiger partial charge in [0.2, 0.25) is 17.7 Å². The van der Waals surface area contributed by atoms with Crippen molar-refractivity contribution in [1.29, 1.82) is 0 Å². The molecular weight excluding hydrogens is 481 g/mol. The Balaban J connectivity index is 1.52. The van der Waals surface area contributed by atoms with Crippen LogP contribution >= 0.6 is 11.3 Å². The summed E-state index contributed by atoms with van der Waals surface area (Å²) in [6.45, 7) is 4.03. The summed E-state index contributed by atoms with van der Waals surface area (Å²) in [7, 11) is 1.64. The van der Waals surface area contributed by atoms with E-state index < -0.39 is 12.0 Å². The highest BCUT2D eigenvalue weighted by Crippen LogP contribution is 2.36. The maximum absolute atomic E-state index is 13.3. The number of fused-ring (bicyclic) bond motifs is 2. The molecule has 0 bridgehead atoms. The van der Waals surface area contributed by atoms with Crippen LogP contribution in [-0.2, 0) is 30.5 Å². The number of thiophene rings is 1. The van der Waals surface area contributed by atoms with E-state index >= 15 is 0 Å². The van der Waals surface area contributed by atoms with Crippen LogP contribution in [0.15, 0.2) is 6.07 Å². The predicted octanol–water partition coefficient (Wildman–Crippen LogP) is 3.24. The van der Waals surface area contributed by atoms with Crippen molar-refractivity contribution in [3.05, 3.63) is 22.6 Å². The Hall–Kier alpha value is -2.96. The number of hydrogen-bond acceptors (Lipinski definition) is 8. The Labute approximate surface area is 204 Å². The molecule has 1 fully saturated rings. The van der Waals surface area contributed by atoms with Crippen molar-refractivity contribution in [2.24, 2.45) is 5.92 Å². The lowest BCUT2D eigenvalue weighted by Crippen LogP contribution is -2.43. The first kappa shape index (κ1) is 23.8. The molecule has 3 aromatic heterocycles. The lowest BCUT2D eigenvalue weighted by molar-refractivity contribution is -0.147. The SMILES string of the molecule is CCCc1cc2c(N3CCn4c(nnc4C(F)(F)F)C3)nc(N3CCCC(C(=O)NC)C3)nc2s1. The van der Waals surface area contributed by atoms with Gasteiger partial charge < -0.3 is 19.7 Å². The molecule has 0 spiro atoms. The number of alkyl halides is 3. The fourth-order valence-corrected chi connectivity index (χ4v) is 5.94. The molecule has 1 amide bonds. The molecule has 1 N–H and O–H groups in total. The summed E-state index contributed by atoms with van der Waals surface area (Å²) in [5.74, 6) is 0.411. The number of aromatic nitrogens is 5. The van der Waals surface area contributed by atoms with Crippen LogP contribution < -0.4 is 15.1 Å². The molecule has 1 saturated heterocycles. The minimum atomic E-state index is -4.54. The van der Waals surface area contributed by atoms with E-state index in [0.717, 1.165) is 47.0 Å². The van der Waals surface area contributed by atoms with Gasteiger partial charge in [0.25, 0.3) is 0 Å². The Kier molecular flexibility index (Phi) is 6.28. The molecule has 188 valence electrons. The molecule has 5 heterocycles. The van der Waals surface area contributed by atoms with Crippen LogP contribution in [0.4, 0.5) is 24.9 Å². The normalized spacial score (nSPS) is 18.7. The van der Waals surface area contributed by atoms with E-state index in [-0.39, 0.29) is 30.7 Å². The molecule has 2 aliphatic rings. The highest BCUT2D eigenvalue weighted by molar-refractivity contribution is 7.18. The van der Waals surface area contributed by atoms with Gasteiger partial charge in [0.05, 0.1) is 17.8 Å². The lowest BCUT2D eigenvalue weighted by Gasteiger charge is -2.33. The Morgan fingerprint density at radius 1 is 1.20 bits per heavy atom. The van der Waals surface area contributed by atoms with Gasteiger partial charge >= 0.3 is 6.18 Å². The molecule has 3 aromatic rings. The summed E-state index contributed by atoms with van der Waals surface area (Å²) in [6, 6.07) is 2.09. The molecule has 0 saturated carbocycles. The molecule has 2 aliphatic heterocycles. The van der Waals surface area contributed by atoms with Gasteiger partial charge in [0.1, 0.15) is 10.6 Å². The van der Waals surface area contributed by atoms with Crippen molar-refractivity contribution >= 4 is 39.2 Å². The number of amides is 1. The van der Waals surface area contributed by atoms with E-state index in [1.807, 2.05) is 9.80 Å². The van der Waals surface area contributed by atoms with Crippen LogP contribution in [0.5, 0.6) is 0 Å². The summed E-state index contributed by atoms with van der Waals surface area (Å²) in [5.41, 5.74) is 0. The first-order valence-corrected chi connectivity index (χ1v) is 12.6. The van der Waals surface area contributed by atoms with Gasteiger partial charge in [0, 0.05) is 38.1 Å². The van der Waals surface area contributed by atoms with Gasteiger partial charge in [-0.25, -0.2) is 4.98 Å². The second-order valence-corrected chi connectivity index (χ2v) is 10.1. The fraction of sp³-hybridized carbons (Fsp3) is 0.591. The predicted molar refractivity (Wildman–Crippen MR) is 126 cm³/mol. The van der Waals surface area contributed by atoms with Crippen molar-refractivity contribution in [3.63, 3.8) is 0 Å². The summed E-state index contributed by atoms with van der Waals surface area (Å²) >= 11 is 1.62. The molecule has 35 heavy (non-hydrogen) atoms. The van der Waals surface area contributed by atoms with E-state index in [4.69, 9.17) is 9.97 Å². The van der Waals surface area contributed by atoms with Crippen molar-refractivity contribution < 1.29 is 18.0 Å². The van der Waals surface area contributed by atoms with Crippen LogP contribution in [0.25, 0.3) is 10.2 Å². The molecular formula is C22H27F3N8OS. The number of anilines is 2. The molecule has 1 atom stereocenters. The quantitative estimate of drug-likeness (QED) is 0.566. The zero-order valence-electron chi connectivity index (χ0n) is 19.6. The molecule has 5 rings (SSSR count). The molecule has 1 unspecified atom stereocenters. The lowest BCUT2D eigenvalue weighted by atomic mass is 9.97. The molecule has 0 aromatic carbocycles. The smallest absolute Gasteiger partial charge is 0.359 e. The van der Waals surface area contributed by atoms with Crippen molar-refractivity contribution in [3.8, 4) is 0 Å². The zero-order valence-corrected chi connectivity index (χ0v) is 20.4. The van der Waals surface area contributed by atoms with Crippen molar-refractivity contribution in [2.45, 2.75) is 51.9 Å². The third-order valence-corrected chi connectivity index (χ3v) is 7.62. The molecule has 0 radical (unpaired) electrons. The first-order valence-electron chi connectivity index (χ1n) is 11.8. The van der Waals surface area contributed by atoms with Crippen LogP contribution in [0.1, 0.15) is 42.7 Å². The van der Waals surface area contributed by atoms with Crippen molar-refractivity contribution in [2.75, 3.05) is 36.5 Å². The fourth-order valence-electron chi connectivity index (χ4n) is 4.82. The summed E-state index contributed by atoms with van der Waals surface area (Å²) in [4.78, 5) is 28.0. The van der Waals surface area contributed by atoms with Gasteiger partial charge in [-0.2, -0.15) is 18.2 Å². The number of nitrogens with one attached hydrogen (secondary N) is 1.